The van der Waals surface area contributed by atoms with E-state index in [0.717, 1.165) is 51.7 Å². The Bertz CT molecular complexity index is 1380. The van der Waals surface area contributed by atoms with Crippen molar-refractivity contribution in [3.8, 4) is 28.4 Å². The van der Waals surface area contributed by atoms with Crippen molar-refractivity contribution < 1.29 is 19.0 Å². The van der Waals surface area contributed by atoms with Gasteiger partial charge in [0, 0.05) is 17.2 Å². The number of fused-ring (bicyclic) bond motifs is 5. The van der Waals surface area contributed by atoms with Crippen LogP contribution in [0.25, 0.3) is 21.9 Å². The largest absolute Gasteiger partial charge is 0.508 e. The van der Waals surface area contributed by atoms with Gasteiger partial charge >= 0.3 is 0 Å². The second kappa shape index (κ2) is 9.82. The van der Waals surface area contributed by atoms with Crippen molar-refractivity contribution in [2.75, 3.05) is 13.2 Å². The van der Waals surface area contributed by atoms with Crippen LogP contribution in [-0.2, 0) is 0 Å². The molecule has 2 aliphatic rings. The number of rotatable bonds is 5. The Morgan fingerprint density at radius 3 is 2.69 bits per heavy atom. The van der Waals surface area contributed by atoms with Gasteiger partial charge in [0.25, 0.3) is 0 Å². The van der Waals surface area contributed by atoms with Gasteiger partial charge in [0.1, 0.15) is 23.1 Å². The molecule has 184 valence electrons. The second-order valence-electron chi connectivity index (χ2n) is 9.78. The van der Waals surface area contributed by atoms with Gasteiger partial charge in [-0.3, -0.25) is 0 Å². The molecule has 0 aromatic heterocycles. The summed E-state index contributed by atoms with van der Waals surface area (Å²) < 4.78 is 26.7. The normalized spacial score (nSPS) is 19.1. The quantitative estimate of drug-likeness (QED) is 0.317. The van der Waals surface area contributed by atoms with Crippen LogP contribution in [0.3, 0.4) is 0 Å². The van der Waals surface area contributed by atoms with Crippen LogP contribution in [0.15, 0.2) is 72.8 Å². The molecule has 0 aliphatic carbocycles. The predicted octanol–water partition coefficient (Wildman–Crippen LogP) is 7.13. The maximum Gasteiger partial charge on any atom is 0.150 e. The van der Waals surface area contributed by atoms with Gasteiger partial charge in [-0.25, -0.2) is 4.39 Å². The van der Waals surface area contributed by atoms with Crippen molar-refractivity contribution in [2.45, 2.75) is 44.2 Å². The molecule has 0 saturated carbocycles. The number of hydrogen-bond acceptors (Lipinski definition) is 4. The van der Waals surface area contributed by atoms with Crippen LogP contribution in [0, 0.1) is 5.82 Å². The van der Waals surface area contributed by atoms with Crippen LogP contribution in [0.1, 0.15) is 49.3 Å². The van der Waals surface area contributed by atoms with Crippen molar-refractivity contribution in [3.63, 3.8) is 0 Å². The van der Waals surface area contributed by atoms with Gasteiger partial charge in [-0.15, -0.1) is 0 Å². The number of halogens is 1. The molecule has 0 radical (unpaired) electrons. The molecule has 4 aromatic carbocycles. The Morgan fingerprint density at radius 1 is 0.917 bits per heavy atom. The van der Waals surface area contributed by atoms with E-state index in [9.17, 15) is 9.50 Å². The fourth-order valence-electron chi connectivity index (χ4n) is 5.50. The molecule has 6 rings (SSSR count). The van der Waals surface area contributed by atoms with E-state index >= 15 is 0 Å². The smallest absolute Gasteiger partial charge is 0.150 e. The highest BCUT2D eigenvalue weighted by molar-refractivity contribution is 5.95. The molecule has 0 amide bonds. The first kappa shape index (κ1) is 22.9. The fourth-order valence-corrected chi connectivity index (χ4v) is 5.50. The van der Waals surface area contributed by atoms with Crippen LogP contribution in [0.4, 0.5) is 4.39 Å². The molecule has 5 heteroatoms. The van der Waals surface area contributed by atoms with Gasteiger partial charge in [-0.05, 0) is 90.2 Å². The number of phenols is 1. The number of aromatic hydroxyl groups is 1. The van der Waals surface area contributed by atoms with Crippen molar-refractivity contribution >= 4 is 10.8 Å². The van der Waals surface area contributed by atoms with Crippen molar-refractivity contribution in [2.24, 2.45) is 0 Å². The molecule has 2 aliphatic heterocycles. The summed E-state index contributed by atoms with van der Waals surface area (Å²) in [6.45, 7) is 1.79. The Hall–Kier alpha value is -3.57. The topological polar surface area (TPSA) is 50.7 Å². The molecule has 2 unspecified atom stereocenters. The van der Waals surface area contributed by atoms with Gasteiger partial charge in [0.15, 0.2) is 6.10 Å². The molecule has 0 spiro atoms. The first-order chi connectivity index (χ1) is 17.7. The fraction of sp³-hybridized carbons (Fsp3) is 0.290. The molecule has 4 nitrogen and oxygen atoms in total. The monoisotopic (exact) mass is 483 g/mol. The predicted molar refractivity (Wildman–Crippen MR) is 140 cm³/mol. The third kappa shape index (κ3) is 4.51. The van der Waals surface area contributed by atoms with Crippen LogP contribution >= 0.6 is 0 Å². The molecule has 2 heterocycles. The zero-order chi connectivity index (χ0) is 24.5. The highest BCUT2D eigenvalue weighted by Gasteiger charge is 2.29. The van der Waals surface area contributed by atoms with Crippen LogP contribution in [0.2, 0.25) is 0 Å². The molecule has 0 bridgehead atoms. The lowest BCUT2D eigenvalue weighted by molar-refractivity contribution is 0.244. The summed E-state index contributed by atoms with van der Waals surface area (Å²) in [4.78, 5) is 0. The van der Waals surface area contributed by atoms with Gasteiger partial charge in [-0.1, -0.05) is 43.2 Å². The number of phenolic OH excluding ortho intramolecular Hbond substituents is 1. The third-order valence-electron chi connectivity index (χ3n) is 7.36. The molecule has 4 aromatic rings. The highest BCUT2D eigenvalue weighted by atomic mass is 19.1. The Labute approximate surface area is 210 Å². The summed E-state index contributed by atoms with van der Waals surface area (Å²) in [6.07, 6.45) is 5.73. The van der Waals surface area contributed by atoms with Gasteiger partial charge in [0.2, 0.25) is 0 Å². The number of nitrogens with one attached hydrogen (secondary N) is 1. The molecule has 36 heavy (non-hydrogen) atoms. The minimum Gasteiger partial charge on any atom is -0.508 e. The molecule has 2 atom stereocenters. The van der Waals surface area contributed by atoms with Gasteiger partial charge in [0.05, 0.1) is 6.61 Å². The van der Waals surface area contributed by atoms with E-state index in [-0.39, 0.29) is 17.7 Å². The molecular formula is C31H30FNO3. The summed E-state index contributed by atoms with van der Waals surface area (Å²) in [5.74, 6) is 1.41. The Balaban J connectivity index is 1.29. The Kier molecular flexibility index (Phi) is 6.24. The van der Waals surface area contributed by atoms with Crippen LogP contribution in [-0.4, -0.2) is 24.3 Å². The average molecular weight is 484 g/mol. The number of hydrogen-bond donors (Lipinski definition) is 2. The minimum absolute atomic E-state index is 0.211. The van der Waals surface area contributed by atoms with Crippen molar-refractivity contribution in [3.05, 3.63) is 89.7 Å². The van der Waals surface area contributed by atoms with Crippen LogP contribution < -0.4 is 14.8 Å². The number of ether oxygens (including phenoxy) is 2. The van der Waals surface area contributed by atoms with E-state index in [2.05, 4.69) is 5.32 Å². The molecule has 1 saturated heterocycles. The maximum atomic E-state index is 14.2. The van der Waals surface area contributed by atoms with E-state index in [1.54, 1.807) is 18.2 Å². The van der Waals surface area contributed by atoms with Crippen LogP contribution in [0.5, 0.6) is 17.2 Å². The minimum atomic E-state index is -0.365. The third-order valence-corrected chi connectivity index (χ3v) is 7.36. The number of benzene rings is 4. The second-order valence-corrected chi connectivity index (χ2v) is 9.78. The zero-order valence-electron chi connectivity index (χ0n) is 20.2. The van der Waals surface area contributed by atoms with E-state index < -0.39 is 0 Å². The van der Waals surface area contributed by atoms with E-state index in [0.29, 0.717) is 18.4 Å². The highest BCUT2D eigenvalue weighted by Crippen LogP contribution is 2.48. The maximum absolute atomic E-state index is 14.2. The van der Waals surface area contributed by atoms with Gasteiger partial charge < -0.3 is 19.9 Å². The average Bonchev–Trinajstić information content (AvgIpc) is 3.17. The first-order valence-corrected chi connectivity index (χ1v) is 12.8. The lowest BCUT2D eigenvalue weighted by atomic mass is 9.86. The molecular weight excluding hydrogens is 453 g/mol. The SMILES string of the molecule is Oc1ccc2c3c(ccc2c1)-c1cc(F)ccc1OC3c1ccc(OCCC2CCCCCN2)cc1. The zero-order valence-corrected chi connectivity index (χ0v) is 20.2. The van der Waals surface area contributed by atoms with Crippen molar-refractivity contribution in [1.29, 1.82) is 0 Å². The summed E-state index contributed by atoms with van der Waals surface area (Å²) in [5, 5.41) is 15.5. The summed E-state index contributed by atoms with van der Waals surface area (Å²) >= 11 is 0. The molecule has 2 N–H and O–H groups in total. The van der Waals surface area contributed by atoms with Crippen molar-refractivity contribution in [1.82, 2.24) is 5.32 Å². The Morgan fingerprint density at radius 2 is 1.81 bits per heavy atom. The summed E-state index contributed by atoms with van der Waals surface area (Å²) in [7, 11) is 0. The lowest BCUT2D eigenvalue weighted by Crippen LogP contribution is -2.29. The summed E-state index contributed by atoms with van der Waals surface area (Å²) in [5.41, 5.74) is 3.64. The molecule has 1 fully saturated rings. The lowest BCUT2D eigenvalue weighted by Gasteiger charge is -2.30. The van der Waals surface area contributed by atoms with Gasteiger partial charge in [-0.2, -0.15) is 0 Å². The van der Waals surface area contributed by atoms with E-state index in [4.69, 9.17) is 9.47 Å². The van der Waals surface area contributed by atoms with E-state index in [1.165, 1.54) is 37.8 Å². The standard InChI is InChI=1S/C31H30FNO3/c32-22-8-14-29-28(19-22)27-12-7-21-18-24(34)9-13-26(21)30(27)31(36-29)20-5-10-25(11-6-20)35-17-15-23-4-2-1-3-16-33-23/h5-14,18-19,23,31,33-34H,1-4,15-17H2. The summed E-state index contributed by atoms with van der Waals surface area (Å²) in [6, 6.07) is 22.6. The van der Waals surface area contributed by atoms with E-state index in [1.807, 2.05) is 42.5 Å². The first-order valence-electron chi connectivity index (χ1n) is 12.8.